The van der Waals surface area contributed by atoms with Crippen molar-refractivity contribution in [1.82, 2.24) is 14.9 Å². The zero-order valence-corrected chi connectivity index (χ0v) is 14.8. The number of hydrogen-bond donors (Lipinski definition) is 3. The molecule has 27 heavy (non-hydrogen) atoms. The lowest BCUT2D eigenvalue weighted by molar-refractivity contribution is 0.0954. The Hall–Kier alpha value is -3.61. The van der Waals surface area contributed by atoms with Crippen molar-refractivity contribution in [1.29, 1.82) is 0 Å². The summed E-state index contributed by atoms with van der Waals surface area (Å²) in [6.07, 6.45) is 4.34. The van der Waals surface area contributed by atoms with Gasteiger partial charge in [-0.1, -0.05) is 30.3 Å². The molecule has 7 nitrogen and oxygen atoms in total. The molecule has 0 bridgehead atoms. The highest BCUT2D eigenvalue weighted by atomic mass is 16.2. The van der Waals surface area contributed by atoms with Crippen LogP contribution in [0.25, 0.3) is 0 Å². The van der Waals surface area contributed by atoms with E-state index in [9.17, 15) is 9.59 Å². The van der Waals surface area contributed by atoms with E-state index in [1.54, 1.807) is 30.5 Å². The van der Waals surface area contributed by atoms with Crippen molar-refractivity contribution in [2.45, 2.75) is 13.0 Å². The minimum atomic E-state index is -0.641. The highest BCUT2D eigenvalue weighted by Crippen LogP contribution is 2.09. The number of carbonyl (C=O) groups excluding carboxylic acids is 2. The van der Waals surface area contributed by atoms with Crippen LogP contribution in [0, 0.1) is 0 Å². The number of benzene rings is 2. The molecule has 0 aliphatic heterocycles. The van der Waals surface area contributed by atoms with Crippen molar-refractivity contribution in [2.24, 2.45) is 5.73 Å². The van der Waals surface area contributed by atoms with Gasteiger partial charge in [-0.05, 0) is 29.8 Å². The first-order valence-electron chi connectivity index (χ1n) is 8.60. The van der Waals surface area contributed by atoms with Crippen LogP contribution in [-0.2, 0) is 13.0 Å². The lowest BCUT2D eigenvalue weighted by Crippen LogP contribution is -2.26. The van der Waals surface area contributed by atoms with Crippen molar-refractivity contribution < 1.29 is 9.59 Å². The zero-order valence-electron chi connectivity index (χ0n) is 14.8. The number of anilines is 1. The molecule has 2 aromatic carbocycles. The maximum atomic E-state index is 12.2. The van der Waals surface area contributed by atoms with Crippen LogP contribution in [0.3, 0.4) is 0 Å². The first-order chi connectivity index (χ1) is 13.1. The number of nitrogens with one attached hydrogen (secondary N) is 2. The molecule has 0 unspecified atom stereocenters. The number of urea groups is 1. The molecule has 4 N–H and O–H groups in total. The largest absolute Gasteiger partial charge is 0.352 e. The summed E-state index contributed by atoms with van der Waals surface area (Å²) >= 11 is 0. The number of carbonyl (C=O) groups is 2. The van der Waals surface area contributed by atoms with Gasteiger partial charge in [0, 0.05) is 43.2 Å². The molecule has 0 aliphatic carbocycles. The van der Waals surface area contributed by atoms with Gasteiger partial charge in [0.1, 0.15) is 5.82 Å². The van der Waals surface area contributed by atoms with Crippen molar-refractivity contribution in [3.8, 4) is 0 Å². The summed E-state index contributed by atoms with van der Waals surface area (Å²) in [4.78, 5) is 27.4. The fraction of sp³-hybridized carbons (Fsp3) is 0.150. The number of amides is 3. The first-order valence-corrected chi connectivity index (χ1v) is 8.60. The van der Waals surface area contributed by atoms with Gasteiger partial charge < -0.3 is 20.9 Å². The fourth-order valence-corrected chi connectivity index (χ4v) is 2.73. The molecule has 1 heterocycles. The Morgan fingerprint density at radius 1 is 1.04 bits per heavy atom. The van der Waals surface area contributed by atoms with Crippen LogP contribution in [-0.4, -0.2) is 28.0 Å². The molecular weight excluding hydrogens is 342 g/mol. The van der Waals surface area contributed by atoms with Crippen LogP contribution in [0.1, 0.15) is 21.7 Å². The minimum Gasteiger partial charge on any atom is -0.352 e. The number of nitrogens with zero attached hydrogens (tertiary/aromatic N) is 2. The van der Waals surface area contributed by atoms with Gasteiger partial charge in [-0.3, -0.25) is 4.79 Å². The van der Waals surface area contributed by atoms with Gasteiger partial charge >= 0.3 is 6.03 Å². The van der Waals surface area contributed by atoms with E-state index in [1.165, 1.54) is 5.56 Å². The average molecular weight is 363 g/mol. The van der Waals surface area contributed by atoms with Crippen LogP contribution >= 0.6 is 0 Å². The number of primary amides is 1. The summed E-state index contributed by atoms with van der Waals surface area (Å²) in [7, 11) is 0. The third kappa shape index (κ3) is 5.18. The quantitative estimate of drug-likeness (QED) is 0.600. The molecule has 1 aromatic heterocycles. The smallest absolute Gasteiger partial charge is 0.316 e. The predicted octanol–water partition coefficient (Wildman–Crippen LogP) is 2.39. The standard InChI is InChI=1S/C20H21N5O2/c21-20(27)24-17-8-6-16(7-9-17)19(26)23-11-10-18-22-12-13-25(18)14-15-4-2-1-3-5-15/h1-9,12-13H,10-11,14H2,(H,23,26)(H3,21,24,27). The molecule has 3 aromatic rings. The van der Waals surface area contributed by atoms with Gasteiger partial charge in [-0.15, -0.1) is 0 Å². The van der Waals surface area contributed by atoms with Crippen LogP contribution < -0.4 is 16.4 Å². The number of rotatable bonds is 7. The molecule has 7 heteroatoms. The lowest BCUT2D eigenvalue weighted by Gasteiger charge is -2.09. The SMILES string of the molecule is NC(=O)Nc1ccc(C(=O)NCCc2nccn2Cc2ccccc2)cc1. The lowest BCUT2D eigenvalue weighted by atomic mass is 10.2. The highest BCUT2D eigenvalue weighted by Gasteiger charge is 2.08. The molecule has 3 rings (SSSR count). The molecule has 0 spiro atoms. The Morgan fingerprint density at radius 3 is 2.48 bits per heavy atom. The predicted molar refractivity (Wildman–Crippen MR) is 103 cm³/mol. The van der Waals surface area contributed by atoms with Crippen molar-refractivity contribution in [2.75, 3.05) is 11.9 Å². The Balaban J connectivity index is 1.52. The molecule has 0 atom stereocenters. The molecule has 3 amide bonds. The van der Waals surface area contributed by atoms with E-state index in [-0.39, 0.29) is 5.91 Å². The number of nitrogens with two attached hydrogens (primary N) is 1. The molecule has 0 saturated carbocycles. The topological polar surface area (TPSA) is 102 Å². The second-order valence-corrected chi connectivity index (χ2v) is 6.03. The van der Waals surface area contributed by atoms with E-state index < -0.39 is 6.03 Å². The Kier molecular flexibility index (Phi) is 5.84. The van der Waals surface area contributed by atoms with Crippen LogP contribution in [0.15, 0.2) is 67.0 Å². The second kappa shape index (κ2) is 8.66. The van der Waals surface area contributed by atoms with Gasteiger partial charge in [-0.25, -0.2) is 9.78 Å². The van der Waals surface area contributed by atoms with E-state index in [0.29, 0.717) is 24.2 Å². The zero-order chi connectivity index (χ0) is 19.1. The van der Waals surface area contributed by atoms with E-state index in [4.69, 9.17) is 5.73 Å². The first kappa shape index (κ1) is 18.2. The van der Waals surface area contributed by atoms with Crippen molar-refractivity contribution in [3.63, 3.8) is 0 Å². The molecule has 0 aliphatic rings. The second-order valence-electron chi connectivity index (χ2n) is 6.03. The summed E-state index contributed by atoms with van der Waals surface area (Å²) in [5, 5.41) is 5.34. The third-order valence-electron chi connectivity index (χ3n) is 4.05. The van der Waals surface area contributed by atoms with E-state index >= 15 is 0 Å². The van der Waals surface area contributed by atoms with Crippen molar-refractivity contribution >= 4 is 17.6 Å². The summed E-state index contributed by atoms with van der Waals surface area (Å²) in [6.45, 7) is 1.23. The van der Waals surface area contributed by atoms with E-state index in [0.717, 1.165) is 12.4 Å². The molecular formula is C20H21N5O2. The third-order valence-corrected chi connectivity index (χ3v) is 4.05. The number of aromatic nitrogens is 2. The molecule has 0 radical (unpaired) electrons. The molecule has 138 valence electrons. The maximum absolute atomic E-state index is 12.2. The van der Waals surface area contributed by atoms with E-state index in [2.05, 4.69) is 32.3 Å². The van der Waals surface area contributed by atoms with E-state index in [1.807, 2.05) is 24.4 Å². The Bertz CT molecular complexity index is 904. The Morgan fingerprint density at radius 2 is 1.78 bits per heavy atom. The summed E-state index contributed by atoms with van der Waals surface area (Å²) < 4.78 is 2.08. The summed E-state index contributed by atoms with van der Waals surface area (Å²) in [5.41, 5.74) is 7.31. The fourth-order valence-electron chi connectivity index (χ4n) is 2.73. The minimum absolute atomic E-state index is 0.179. The van der Waals surface area contributed by atoms with Gasteiger partial charge in [0.2, 0.25) is 0 Å². The average Bonchev–Trinajstić information content (AvgIpc) is 3.09. The Labute approximate surface area is 157 Å². The van der Waals surface area contributed by atoms with Gasteiger partial charge in [-0.2, -0.15) is 0 Å². The highest BCUT2D eigenvalue weighted by molar-refractivity contribution is 5.95. The van der Waals surface area contributed by atoms with Crippen LogP contribution in [0.4, 0.5) is 10.5 Å². The van der Waals surface area contributed by atoms with Gasteiger partial charge in [0.05, 0.1) is 0 Å². The monoisotopic (exact) mass is 363 g/mol. The molecule has 0 fully saturated rings. The summed E-state index contributed by atoms with van der Waals surface area (Å²) in [6, 6.07) is 16.0. The van der Waals surface area contributed by atoms with Gasteiger partial charge in [0.25, 0.3) is 5.91 Å². The van der Waals surface area contributed by atoms with Crippen molar-refractivity contribution in [3.05, 3.63) is 83.9 Å². The molecule has 0 saturated heterocycles. The van der Waals surface area contributed by atoms with Crippen LogP contribution in [0.5, 0.6) is 0 Å². The normalized spacial score (nSPS) is 10.4. The number of imidazole rings is 1. The number of hydrogen-bond acceptors (Lipinski definition) is 3. The summed E-state index contributed by atoms with van der Waals surface area (Å²) in [5.74, 6) is 0.738. The maximum Gasteiger partial charge on any atom is 0.316 e. The van der Waals surface area contributed by atoms with Gasteiger partial charge in [0.15, 0.2) is 0 Å². The van der Waals surface area contributed by atoms with Crippen LogP contribution in [0.2, 0.25) is 0 Å².